The van der Waals surface area contributed by atoms with E-state index in [9.17, 15) is 13.2 Å². The molecule has 1 N–H and O–H groups in total. The van der Waals surface area contributed by atoms with E-state index in [1.54, 1.807) is 17.0 Å². The average molecular weight is 438 g/mol. The topological polar surface area (TPSA) is 104 Å². The largest absolute Gasteiger partial charge is 0.333 e. The molecular formula is C19H24ClN5O3S. The van der Waals surface area contributed by atoms with E-state index in [0.29, 0.717) is 23.5 Å². The predicted molar refractivity (Wildman–Crippen MR) is 114 cm³/mol. The van der Waals surface area contributed by atoms with Crippen LogP contribution in [0.2, 0.25) is 0 Å². The Hall–Kier alpha value is -2.52. The van der Waals surface area contributed by atoms with E-state index in [0.717, 1.165) is 6.26 Å². The van der Waals surface area contributed by atoms with E-state index in [1.165, 1.54) is 12.3 Å². The number of sulfone groups is 1. The van der Waals surface area contributed by atoms with Gasteiger partial charge in [-0.25, -0.2) is 18.4 Å². The maximum absolute atomic E-state index is 13.0. The van der Waals surface area contributed by atoms with Gasteiger partial charge in [-0.3, -0.25) is 14.7 Å². The summed E-state index contributed by atoms with van der Waals surface area (Å²) in [5.74, 6) is 0.219. The van der Waals surface area contributed by atoms with Crippen LogP contribution >= 0.6 is 11.6 Å². The SMILES string of the molecule is C=C(Cl)N=C1/C(=C\C)NC(=NCc2ccc(S(C)(=O)=O)nc2)C(=O)N1C(C)CC. The molecule has 0 saturated carbocycles. The van der Waals surface area contributed by atoms with Crippen LogP contribution in [0.4, 0.5) is 0 Å². The summed E-state index contributed by atoms with van der Waals surface area (Å²) in [4.78, 5) is 27.1. The summed E-state index contributed by atoms with van der Waals surface area (Å²) in [5.41, 5.74) is 1.27. The third-order valence-corrected chi connectivity index (χ3v) is 5.37. The molecule has 0 aromatic carbocycles. The Kier molecular flexibility index (Phi) is 7.32. The minimum absolute atomic E-state index is 0.0120. The number of amides is 1. The molecule has 1 aromatic rings. The lowest BCUT2D eigenvalue weighted by atomic mass is 10.1. The molecule has 1 unspecified atom stereocenters. The zero-order chi connectivity index (χ0) is 21.8. The second-order valence-corrected chi connectivity index (χ2v) is 8.91. The number of aliphatic imine (C=N–C) groups is 2. The van der Waals surface area contributed by atoms with E-state index in [1.807, 2.05) is 20.8 Å². The van der Waals surface area contributed by atoms with Crippen LogP contribution < -0.4 is 5.32 Å². The molecule has 29 heavy (non-hydrogen) atoms. The fourth-order valence-electron chi connectivity index (χ4n) is 2.60. The van der Waals surface area contributed by atoms with Crippen LogP contribution in [0.25, 0.3) is 0 Å². The zero-order valence-electron chi connectivity index (χ0n) is 16.8. The number of hydrogen-bond acceptors (Lipinski definition) is 6. The zero-order valence-corrected chi connectivity index (χ0v) is 18.4. The van der Waals surface area contributed by atoms with Crippen molar-refractivity contribution in [3.63, 3.8) is 0 Å². The molecule has 1 amide bonds. The summed E-state index contributed by atoms with van der Waals surface area (Å²) >= 11 is 5.86. The molecule has 1 aliphatic heterocycles. The molecule has 2 heterocycles. The number of nitrogens with one attached hydrogen (secondary N) is 1. The first-order valence-electron chi connectivity index (χ1n) is 8.98. The summed E-state index contributed by atoms with van der Waals surface area (Å²) in [6.45, 7) is 9.43. The Morgan fingerprint density at radius 2 is 2.14 bits per heavy atom. The van der Waals surface area contributed by atoms with Gasteiger partial charge < -0.3 is 5.32 Å². The number of aromatic nitrogens is 1. The summed E-state index contributed by atoms with van der Waals surface area (Å²) in [6.07, 6.45) is 5.01. The van der Waals surface area contributed by atoms with Gasteiger partial charge in [-0.2, -0.15) is 0 Å². The maximum atomic E-state index is 13.0. The van der Waals surface area contributed by atoms with Crippen LogP contribution in [0.5, 0.6) is 0 Å². The highest BCUT2D eigenvalue weighted by Gasteiger charge is 2.35. The monoisotopic (exact) mass is 437 g/mol. The van der Waals surface area contributed by atoms with Gasteiger partial charge in [0.1, 0.15) is 5.16 Å². The Bertz CT molecular complexity index is 997. The van der Waals surface area contributed by atoms with E-state index in [-0.39, 0.29) is 34.5 Å². The van der Waals surface area contributed by atoms with Crippen molar-refractivity contribution in [3.8, 4) is 0 Å². The van der Waals surface area contributed by atoms with Crippen LogP contribution in [-0.2, 0) is 21.2 Å². The van der Waals surface area contributed by atoms with Gasteiger partial charge in [0, 0.05) is 18.5 Å². The number of rotatable bonds is 6. The first-order valence-corrected chi connectivity index (χ1v) is 11.2. The number of halogens is 1. The lowest BCUT2D eigenvalue weighted by molar-refractivity contribution is -0.122. The van der Waals surface area contributed by atoms with Crippen LogP contribution in [0.1, 0.15) is 32.8 Å². The number of pyridine rings is 1. The highest BCUT2D eigenvalue weighted by molar-refractivity contribution is 7.90. The standard InChI is InChI=1S/C19H24ClN5O3S/c1-6-12(3)25-18(23-13(4)20)15(7-2)24-17(19(25)26)22-11-14-8-9-16(21-10-14)29(5,27)28/h7-10,12H,4,6,11H2,1-3,5H3,(H,22,24)/b15-7+,23-18?. The van der Waals surface area contributed by atoms with Crippen molar-refractivity contribution in [2.75, 3.05) is 6.26 Å². The molecule has 0 radical (unpaired) electrons. The summed E-state index contributed by atoms with van der Waals surface area (Å²) in [5, 5.41) is 3.05. The molecule has 8 nitrogen and oxygen atoms in total. The van der Waals surface area contributed by atoms with Gasteiger partial charge in [0.25, 0.3) is 5.91 Å². The smallest absolute Gasteiger partial charge is 0.295 e. The highest BCUT2D eigenvalue weighted by Crippen LogP contribution is 2.18. The van der Waals surface area contributed by atoms with Crippen molar-refractivity contribution >= 4 is 39.0 Å². The summed E-state index contributed by atoms with van der Waals surface area (Å²) in [7, 11) is -3.37. The number of hydrogen-bond donors (Lipinski definition) is 1. The second kappa shape index (κ2) is 9.32. The molecular weight excluding hydrogens is 414 g/mol. The molecule has 1 fully saturated rings. The molecule has 10 heteroatoms. The highest BCUT2D eigenvalue weighted by atomic mass is 35.5. The fourth-order valence-corrected chi connectivity index (χ4v) is 3.24. The first kappa shape index (κ1) is 22.8. The third-order valence-electron chi connectivity index (χ3n) is 4.29. The van der Waals surface area contributed by atoms with Crippen molar-refractivity contribution in [1.29, 1.82) is 0 Å². The molecule has 156 valence electrons. The Morgan fingerprint density at radius 3 is 2.62 bits per heavy atom. The fraction of sp³-hybridized carbons (Fsp3) is 0.368. The summed E-state index contributed by atoms with van der Waals surface area (Å²) in [6, 6.07) is 2.91. The van der Waals surface area contributed by atoms with Crippen molar-refractivity contribution in [2.45, 2.75) is 44.8 Å². The number of carbonyl (C=O) groups excluding carboxylic acids is 1. The predicted octanol–water partition coefficient (Wildman–Crippen LogP) is 2.63. The van der Waals surface area contributed by atoms with Crippen LogP contribution in [0, 0.1) is 0 Å². The van der Waals surface area contributed by atoms with Crippen LogP contribution in [0.15, 0.2) is 56.8 Å². The number of carbonyl (C=O) groups is 1. The van der Waals surface area contributed by atoms with E-state index >= 15 is 0 Å². The van der Waals surface area contributed by atoms with Gasteiger partial charge >= 0.3 is 0 Å². The average Bonchev–Trinajstić information content (AvgIpc) is 2.66. The van der Waals surface area contributed by atoms with Gasteiger partial charge in [0.05, 0.1) is 12.2 Å². The van der Waals surface area contributed by atoms with E-state index in [2.05, 4.69) is 26.9 Å². The van der Waals surface area contributed by atoms with E-state index in [4.69, 9.17) is 11.6 Å². The molecule has 2 rings (SSSR count). The Morgan fingerprint density at radius 1 is 1.45 bits per heavy atom. The quantitative estimate of drug-likeness (QED) is 0.689. The van der Waals surface area contributed by atoms with Crippen molar-refractivity contribution in [3.05, 3.63) is 47.4 Å². The number of nitrogens with zero attached hydrogens (tertiary/aromatic N) is 4. The minimum atomic E-state index is -3.37. The molecule has 0 bridgehead atoms. The maximum Gasteiger partial charge on any atom is 0.295 e. The van der Waals surface area contributed by atoms with Crippen molar-refractivity contribution in [2.24, 2.45) is 9.98 Å². The lowest BCUT2D eigenvalue weighted by Gasteiger charge is -2.35. The minimum Gasteiger partial charge on any atom is -0.333 e. The molecule has 1 aliphatic rings. The molecule has 1 atom stereocenters. The van der Waals surface area contributed by atoms with Crippen molar-refractivity contribution < 1.29 is 13.2 Å². The van der Waals surface area contributed by atoms with Crippen LogP contribution in [-0.4, -0.2) is 48.2 Å². The van der Waals surface area contributed by atoms with Gasteiger partial charge in [-0.1, -0.05) is 37.2 Å². The van der Waals surface area contributed by atoms with Gasteiger partial charge in [0.15, 0.2) is 26.5 Å². The lowest BCUT2D eigenvalue weighted by Crippen LogP contribution is -2.57. The number of piperazine rings is 1. The van der Waals surface area contributed by atoms with Gasteiger partial charge in [-0.05, 0) is 31.9 Å². The Balaban J connectivity index is 2.36. The van der Waals surface area contributed by atoms with Gasteiger partial charge in [0.2, 0.25) is 0 Å². The number of allylic oxidation sites excluding steroid dienone is 1. The second-order valence-electron chi connectivity index (χ2n) is 6.51. The summed E-state index contributed by atoms with van der Waals surface area (Å²) < 4.78 is 23.0. The third kappa shape index (κ3) is 5.51. The first-order chi connectivity index (χ1) is 13.6. The molecule has 1 saturated heterocycles. The van der Waals surface area contributed by atoms with Gasteiger partial charge in [-0.15, -0.1) is 0 Å². The molecule has 0 aliphatic carbocycles. The molecule has 0 spiro atoms. The number of amidine groups is 2. The normalized spacial score (nSPS) is 20.2. The van der Waals surface area contributed by atoms with Crippen molar-refractivity contribution in [1.82, 2.24) is 15.2 Å². The molecule has 1 aromatic heterocycles. The Labute approximate surface area is 176 Å². The van der Waals surface area contributed by atoms with Crippen LogP contribution in [0.3, 0.4) is 0 Å². The van der Waals surface area contributed by atoms with E-state index < -0.39 is 9.84 Å².